The molecule has 0 radical (unpaired) electrons. The molecule has 1 aromatic carbocycles. The first kappa shape index (κ1) is 19.3. The number of nitrogens with two attached hydrogens (primary N) is 1. The molecule has 7 heteroatoms. The number of hydrogen-bond donors (Lipinski definition) is 1. The zero-order chi connectivity index (χ0) is 19.2. The Balaban J connectivity index is 1.73. The average Bonchev–Trinajstić information content (AvgIpc) is 3.16. The van der Waals surface area contributed by atoms with E-state index >= 15 is 0 Å². The number of hydrogen-bond acceptors (Lipinski definition) is 6. The number of aromatic nitrogens is 2. The fourth-order valence-corrected chi connectivity index (χ4v) is 3.45. The zero-order valence-corrected chi connectivity index (χ0v) is 16.0. The number of carbonyl (C=O) groups excluding carboxylic acids is 1. The molecule has 7 nitrogen and oxygen atoms in total. The second-order valence-electron chi connectivity index (χ2n) is 6.87. The normalized spacial score (nSPS) is 16.6. The highest BCUT2D eigenvalue weighted by atomic mass is 16.5. The largest absolute Gasteiger partial charge is 0.383 e. The molecule has 0 unspecified atom stereocenters. The molecule has 1 aliphatic heterocycles. The highest BCUT2D eigenvalue weighted by molar-refractivity contribution is 5.77. The van der Waals surface area contributed by atoms with Gasteiger partial charge in [0.1, 0.15) is 0 Å². The predicted octanol–water partition coefficient (Wildman–Crippen LogP) is 1.68. The second kappa shape index (κ2) is 8.92. The summed E-state index contributed by atoms with van der Waals surface area (Å²) in [5.74, 6) is 0.673. The van der Waals surface area contributed by atoms with Crippen LogP contribution in [0, 0.1) is 0 Å². The summed E-state index contributed by atoms with van der Waals surface area (Å²) in [6.45, 7) is 2.20. The number of carbonyl (C=O) groups is 1. The van der Waals surface area contributed by atoms with Crippen LogP contribution < -0.4 is 10.6 Å². The van der Waals surface area contributed by atoms with Gasteiger partial charge in [0.05, 0.1) is 19.2 Å². The molecule has 3 rings (SSSR count). The van der Waals surface area contributed by atoms with Crippen molar-refractivity contribution in [1.29, 1.82) is 0 Å². The standard InChI is InChI=1S/C20H27N5O2/c1-24(19(26)10-21)13-15-5-3-6-16(9-15)17-11-22-20(23-12-17)25-8-4-7-18(25)14-27-2/h3,5-6,9,11-12,18H,4,7-8,10,13-14,21H2,1-2H3/t18-/m0/s1. The van der Waals surface area contributed by atoms with Crippen LogP contribution in [0.15, 0.2) is 36.7 Å². The number of benzene rings is 1. The number of ether oxygens (including phenoxy) is 1. The number of amides is 1. The van der Waals surface area contributed by atoms with Crippen LogP contribution in [0.2, 0.25) is 0 Å². The van der Waals surface area contributed by atoms with Gasteiger partial charge in [-0.25, -0.2) is 9.97 Å². The minimum Gasteiger partial charge on any atom is -0.383 e. The highest BCUT2D eigenvalue weighted by Gasteiger charge is 2.26. The summed E-state index contributed by atoms with van der Waals surface area (Å²) >= 11 is 0. The zero-order valence-electron chi connectivity index (χ0n) is 16.0. The Hall–Kier alpha value is -2.51. The Morgan fingerprint density at radius 2 is 2.11 bits per heavy atom. The van der Waals surface area contributed by atoms with Gasteiger partial charge in [-0.05, 0) is 30.0 Å². The fourth-order valence-electron chi connectivity index (χ4n) is 3.45. The first-order valence-corrected chi connectivity index (χ1v) is 9.23. The van der Waals surface area contributed by atoms with Gasteiger partial charge in [0.25, 0.3) is 0 Å². The Bertz CT molecular complexity index is 765. The van der Waals surface area contributed by atoms with Crippen LogP contribution >= 0.6 is 0 Å². The summed E-state index contributed by atoms with van der Waals surface area (Å²) in [7, 11) is 3.48. The van der Waals surface area contributed by atoms with Crippen LogP contribution in [0.5, 0.6) is 0 Å². The number of nitrogens with zero attached hydrogens (tertiary/aromatic N) is 4. The van der Waals surface area contributed by atoms with Crippen molar-refractivity contribution >= 4 is 11.9 Å². The molecule has 1 amide bonds. The summed E-state index contributed by atoms with van der Waals surface area (Å²) in [5.41, 5.74) is 8.45. The van der Waals surface area contributed by atoms with Crippen molar-refractivity contribution in [3.63, 3.8) is 0 Å². The number of anilines is 1. The summed E-state index contributed by atoms with van der Waals surface area (Å²) in [6, 6.07) is 8.41. The van der Waals surface area contributed by atoms with Gasteiger partial charge in [-0.3, -0.25) is 4.79 Å². The van der Waals surface area contributed by atoms with Crippen molar-refractivity contribution in [2.24, 2.45) is 5.73 Å². The molecular weight excluding hydrogens is 342 g/mol. The maximum Gasteiger partial charge on any atom is 0.236 e. The SMILES string of the molecule is COC[C@@H]1CCCN1c1ncc(-c2cccc(CN(C)C(=O)CN)c2)cn1. The van der Waals surface area contributed by atoms with Gasteiger partial charge in [-0.1, -0.05) is 18.2 Å². The van der Waals surface area contributed by atoms with E-state index in [2.05, 4.69) is 20.9 Å². The molecule has 2 heterocycles. The van der Waals surface area contributed by atoms with E-state index in [0.717, 1.165) is 42.0 Å². The van der Waals surface area contributed by atoms with Crippen molar-refractivity contribution in [2.45, 2.75) is 25.4 Å². The predicted molar refractivity (Wildman–Crippen MR) is 105 cm³/mol. The lowest BCUT2D eigenvalue weighted by Gasteiger charge is -2.23. The quantitative estimate of drug-likeness (QED) is 0.799. The minimum absolute atomic E-state index is 0.0199. The Labute approximate surface area is 160 Å². The fraction of sp³-hybridized carbons (Fsp3) is 0.450. The number of methoxy groups -OCH3 is 1. The second-order valence-corrected chi connectivity index (χ2v) is 6.87. The first-order valence-electron chi connectivity index (χ1n) is 9.23. The molecule has 2 N–H and O–H groups in total. The van der Waals surface area contributed by atoms with E-state index in [-0.39, 0.29) is 12.5 Å². The van der Waals surface area contributed by atoms with E-state index in [4.69, 9.17) is 10.5 Å². The lowest BCUT2D eigenvalue weighted by molar-refractivity contribution is -0.128. The molecule has 1 atom stereocenters. The molecule has 1 fully saturated rings. The van der Waals surface area contributed by atoms with E-state index in [1.54, 1.807) is 19.1 Å². The number of rotatable bonds is 7. The van der Waals surface area contributed by atoms with Gasteiger partial charge in [-0.15, -0.1) is 0 Å². The van der Waals surface area contributed by atoms with Gasteiger partial charge >= 0.3 is 0 Å². The molecule has 1 aromatic heterocycles. The third-order valence-corrected chi connectivity index (χ3v) is 4.91. The van der Waals surface area contributed by atoms with E-state index in [0.29, 0.717) is 19.2 Å². The minimum atomic E-state index is -0.0793. The Kier molecular flexibility index (Phi) is 6.36. The van der Waals surface area contributed by atoms with Crippen LogP contribution in [-0.4, -0.2) is 60.7 Å². The van der Waals surface area contributed by atoms with Crippen molar-refractivity contribution in [3.8, 4) is 11.1 Å². The molecule has 27 heavy (non-hydrogen) atoms. The van der Waals surface area contributed by atoms with Crippen molar-refractivity contribution < 1.29 is 9.53 Å². The molecule has 0 saturated carbocycles. The molecule has 0 spiro atoms. The maximum atomic E-state index is 11.7. The van der Waals surface area contributed by atoms with Crippen molar-refractivity contribution in [1.82, 2.24) is 14.9 Å². The number of likely N-dealkylation sites (N-methyl/N-ethyl adjacent to an activating group) is 1. The summed E-state index contributed by atoms with van der Waals surface area (Å²) in [4.78, 5) is 24.7. The van der Waals surface area contributed by atoms with Gasteiger partial charge in [0, 0.05) is 45.2 Å². The van der Waals surface area contributed by atoms with Crippen LogP contribution in [0.25, 0.3) is 11.1 Å². The lowest BCUT2D eigenvalue weighted by Crippen LogP contribution is -2.34. The molecule has 1 aliphatic rings. The third-order valence-electron chi connectivity index (χ3n) is 4.91. The van der Waals surface area contributed by atoms with E-state index in [1.165, 1.54) is 0 Å². The molecule has 0 aliphatic carbocycles. The average molecular weight is 369 g/mol. The first-order chi connectivity index (χ1) is 13.1. The van der Waals surface area contributed by atoms with E-state index in [1.807, 2.05) is 30.6 Å². The van der Waals surface area contributed by atoms with Gasteiger partial charge in [0.2, 0.25) is 11.9 Å². The molecule has 2 aromatic rings. The van der Waals surface area contributed by atoms with Crippen LogP contribution in [-0.2, 0) is 16.1 Å². The smallest absolute Gasteiger partial charge is 0.236 e. The van der Waals surface area contributed by atoms with Gasteiger partial charge in [0.15, 0.2) is 0 Å². The van der Waals surface area contributed by atoms with Crippen LogP contribution in [0.1, 0.15) is 18.4 Å². The van der Waals surface area contributed by atoms with E-state index in [9.17, 15) is 4.79 Å². The molecule has 144 valence electrons. The van der Waals surface area contributed by atoms with E-state index < -0.39 is 0 Å². The summed E-state index contributed by atoms with van der Waals surface area (Å²) in [5, 5.41) is 0. The summed E-state index contributed by atoms with van der Waals surface area (Å²) in [6.07, 6.45) is 5.96. The van der Waals surface area contributed by atoms with Crippen LogP contribution in [0.4, 0.5) is 5.95 Å². The topological polar surface area (TPSA) is 84.6 Å². The Morgan fingerprint density at radius 1 is 1.33 bits per heavy atom. The van der Waals surface area contributed by atoms with Crippen molar-refractivity contribution in [3.05, 3.63) is 42.2 Å². The maximum absolute atomic E-state index is 11.7. The van der Waals surface area contributed by atoms with Crippen LogP contribution in [0.3, 0.4) is 0 Å². The Morgan fingerprint density at radius 3 is 2.81 bits per heavy atom. The highest BCUT2D eigenvalue weighted by Crippen LogP contribution is 2.25. The summed E-state index contributed by atoms with van der Waals surface area (Å²) < 4.78 is 5.31. The van der Waals surface area contributed by atoms with Crippen molar-refractivity contribution in [2.75, 3.05) is 38.8 Å². The third kappa shape index (κ3) is 4.61. The molecule has 0 bridgehead atoms. The lowest BCUT2D eigenvalue weighted by atomic mass is 10.1. The molecule has 1 saturated heterocycles. The molecular formula is C20H27N5O2. The van der Waals surface area contributed by atoms with Gasteiger partial charge in [-0.2, -0.15) is 0 Å². The van der Waals surface area contributed by atoms with Gasteiger partial charge < -0.3 is 20.3 Å². The monoisotopic (exact) mass is 369 g/mol.